The molecule has 20 heavy (non-hydrogen) atoms. The van der Waals surface area contributed by atoms with Gasteiger partial charge in [0.05, 0.1) is 17.9 Å². The van der Waals surface area contributed by atoms with Crippen LogP contribution in [0.25, 0.3) is 0 Å². The van der Waals surface area contributed by atoms with E-state index in [2.05, 4.69) is 41.0 Å². The number of likely N-dealkylation sites (tertiary alicyclic amines) is 1. The van der Waals surface area contributed by atoms with E-state index >= 15 is 0 Å². The van der Waals surface area contributed by atoms with Gasteiger partial charge in [-0.05, 0) is 45.3 Å². The molecule has 1 saturated heterocycles. The van der Waals surface area contributed by atoms with Crippen LogP contribution in [0.15, 0.2) is 18.6 Å². The van der Waals surface area contributed by atoms with Gasteiger partial charge in [0, 0.05) is 17.9 Å². The van der Waals surface area contributed by atoms with Crippen molar-refractivity contribution in [3.63, 3.8) is 0 Å². The number of nitrogens with one attached hydrogen (secondary N) is 1. The summed E-state index contributed by atoms with van der Waals surface area (Å²) in [7, 11) is 0. The Labute approximate surface area is 123 Å². The maximum atomic E-state index is 4.58. The maximum Gasteiger partial charge on any atom is 0.0775 e. The number of likely N-dealkylation sites (N-methyl/N-ethyl adjacent to an activating group) is 1. The van der Waals surface area contributed by atoms with Gasteiger partial charge in [0.25, 0.3) is 0 Å². The maximum absolute atomic E-state index is 4.58. The zero-order chi connectivity index (χ0) is 14.4. The monoisotopic (exact) mass is 276 g/mol. The lowest BCUT2D eigenvalue weighted by atomic mass is 9.81. The molecule has 4 heteroatoms. The van der Waals surface area contributed by atoms with Crippen LogP contribution in [0.3, 0.4) is 0 Å². The van der Waals surface area contributed by atoms with E-state index in [-0.39, 0.29) is 11.6 Å². The summed E-state index contributed by atoms with van der Waals surface area (Å²) in [5.74, 6) is 0. The van der Waals surface area contributed by atoms with E-state index in [0.29, 0.717) is 0 Å². The summed E-state index contributed by atoms with van der Waals surface area (Å²) >= 11 is 0. The second kappa shape index (κ2) is 7.14. The topological polar surface area (TPSA) is 41.1 Å². The smallest absolute Gasteiger partial charge is 0.0775 e. The largest absolute Gasteiger partial charge is 0.307 e. The number of hydrogen-bond acceptors (Lipinski definition) is 4. The fourth-order valence-corrected chi connectivity index (χ4v) is 3.68. The normalized spacial score (nSPS) is 18.4. The van der Waals surface area contributed by atoms with Crippen LogP contribution < -0.4 is 5.32 Å². The second-order valence-corrected chi connectivity index (χ2v) is 5.63. The van der Waals surface area contributed by atoms with E-state index < -0.39 is 0 Å². The van der Waals surface area contributed by atoms with Crippen molar-refractivity contribution < 1.29 is 0 Å². The molecule has 1 aromatic rings. The number of aromatic nitrogens is 2. The Hall–Kier alpha value is -1.00. The molecule has 4 nitrogen and oxygen atoms in total. The summed E-state index contributed by atoms with van der Waals surface area (Å²) < 4.78 is 0. The lowest BCUT2D eigenvalue weighted by Crippen LogP contribution is -2.55. The minimum Gasteiger partial charge on any atom is -0.307 e. The van der Waals surface area contributed by atoms with E-state index in [1.807, 2.05) is 6.20 Å². The fraction of sp³-hybridized carbons (Fsp3) is 0.750. The molecule has 0 bridgehead atoms. The van der Waals surface area contributed by atoms with Crippen molar-refractivity contribution in [2.24, 2.45) is 0 Å². The zero-order valence-electron chi connectivity index (χ0n) is 13.1. The van der Waals surface area contributed by atoms with Gasteiger partial charge in [-0.15, -0.1) is 0 Å². The highest BCUT2D eigenvalue weighted by Gasteiger charge is 2.43. The van der Waals surface area contributed by atoms with E-state index in [0.717, 1.165) is 25.1 Å². The van der Waals surface area contributed by atoms with Gasteiger partial charge in [-0.2, -0.15) is 0 Å². The average Bonchev–Trinajstić information content (AvgIpc) is 3.04. The second-order valence-electron chi connectivity index (χ2n) is 5.63. The summed E-state index contributed by atoms with van der Waals surface area (Å²) in [6.45, 7) is 10.2. The third kappa shape index (κ3) is 2.86. The van der Waals surface area contributed by atoms with Gasteiger partial charge in [-0.25, -0.2) is 0 Å². The van der Waals surface area contributed by atoms with Gasteiger partial charge in [-0.3, -0.25) is 14.9 Å². The van der Waals surface area contributed by atoms with Gasteiger partial charge in [0.15, 0.2) is 0 Å². The molecule has 1 aromatic heterocycles. The molecule has 2 heterocycles. The molecule has 1 aliphatic rings. The van der Waals surface area contributed by atoms with Crippen molar-refractivity contribution in [2.45, 2.75) is 58.0 Å². The van der Waals surface area contributed by atoms with E-state index in [1.54, 1.807) is 12.4 Å². The zero-order valence-corrected chi connectivity index (χ0v) is 13.1. The van der Waals surface area contributed by atoms with Crippen LogP contribution in [0.4, 0.5) is 0 Å². The summed E-state index contributed by atoms with van der Waals surface area (Å²) in [6.07, 6.45) is 10.4. The molecule has 112 valence electrons. The third-order valence-corrected chi connectivity index (χ3v) is 4.78. The molecule has 1 atom stereocenters. The van der Waals surface area contributed by atoms with Gasteiger partial charge in [0.1, 0.15) is 0 Å². The predicted octanol–water partition coefficient (Wildman–Crippen LogP) is 2.78. The van der Waals surface area contributed by atoms with Crippen LogP contribution in [-0.2, 0) is 0 Å². The Balaban J connectivity index is 2.36. The van der Waals surface area contributed by atoms with Gasteiger partial charge < -0.3 is 5.32 Å². The minimum atomic E-state index is 0.155. The summed E-state index contributed by atoms with van der Waals surface area (Å²) in [6, 6.07) is 0.259. The first-order valence-electron chi connectivity index (χ1n) is 8.02. The van der Waals surface area contributed by atoms with Crippen LogP contribution in [0.1, 0.15) is 58.2 Å². The molecule has 0 radical (unpaired) electrons. The van der Waals surface area contributed by atoms with Crippen molar-refractivity contribution in [3.05, 3.63) is 24.3 Å². The van der Waals surface area contributed by atoms with Gasteiger partial charge in [-0.1, -0.05) is 20.8 Å². The molecular weight excluding hydrogens is 248 g/mol. The highest BCUT2D eigenvalue weighted by Crippen LogP contribution is 2.38. The van der Waals surface area contributed by atoms with Crippen molar-refractivity contribution in [1.29, 1.82) is 0 Å². The van der Waals surface area contributed by atoms with Crippen molar-refractivity contribution in [2.75, 3.05) is 19.6 Å². The fourth-order valence-electron chi connectivity index (χ4n) is 3.68. The standard InChI is InChI=1S/C16H28N4/c1-4-16(5-2,20-11-7-8-12-20)15(18-6-3)14-13-17-9-10-19-14/h9-10,13,15,18H,4-8,11-12H2,1-3H3. The first-order chi connectivity index (χ1) is 9.78. The first-order valence-corrected chi connectivity index (χ1v) is 8.02. The molecule has 1 unspecified atom stereocenters. The van der Waals surface area contributed by atoms with Crippen molar-refractivity contribution >= 4 is 0 Å². The Morgan fingerprint density at radius 3 is 2.40 bits per heavy atom. The van der Waals surface area contributed by atoms with Crippen LogP contribution >= 0.6 is 0 Å². The molecule has 0 spiro atoms. The third-order valence-electron chi connectivity index (χ3n) is 4.78. The van der Waals surface area contributed by atoms with Crippen LogP contribution in [-0.4, -0.2) is 40.0 Å². The number of rotatable bonds is 7. The molecule has 0 saturated carbocycles. The summed E-state index contributed by atoms with van der Waals surface area (Å²) in [5, 5.41) is 3.67. The SMILES string of the molecule is CCNC(c1cnccn1)C(CC)(CC)N1CCCC1. The summed E-state index contributed by atoms with van der Waals surface area (Å²) in [4.78, 5) is 11.5. The number of nitrogens with zero attached hydrogens (tertiary/aromatic N) is 3. The van der Waals surface area contributed by atoms with E-state index in [9.17, 15) is 0 Å². The minimum absolute atomic E-state index is 0.155. The lowest BCUT2D eigenvalue weighted by molar-refractivity contribution is 0.0605. The quantitative estimate of drug-likeness (QED) is 0.831. The van der Waals surface area contributed by atoms with Crippen LogP contribution in [0, 0.1) is 0 Å². The molecule has 1 N–H and O–H groups in total. The molecule has 1 aliphatic heterocycles. The Morgan fingerprint density at radius 2 is 1.90 bits per heavy atom. The Bertz CT molecular complexity index is 383. The molecule has 0 amide bonds. The predicted molar refractivity (Wildman–Crippen MR) is 82.6 cm³/mol. The number of hydrogen-bond donors (Lipinski definition) is 1. The molecule has 0 aliphatic carbocycles. The Kier molecular flexibility index (Phi) is 5.49. The Morgan fingerprint density at radius 1 is 1.20 bits per heavy atom. The average molecular weight is 276 g/mol. The van der Waals surface area contributed by atoms with Crippen molar-refractivity contribution in [3.8, 4) is 0 Å². The van der Waals surface area contributed by atoms with E-state index in [1.165, 1.54) is 25.9 Å². The van der Waals surface area contributed by atoms with Gasteiger partial charge in [0.2, 0.25) is 0 Å². The highest BCUT2D eigenvalue weighted by molar-refractivity contribution is 5.13. The van der Waals surface area contributed by atoms with Crippen molar-refractivity contribution in [1.82, 2.24) is 20.2 Å². The van der Waals surface area contributed by atoms with Crippen LogP contribution in [0.5, 0.6) is 0 Å². The van der Waals surface area contributed by atoms with Gasteiger partial charge >= 0.3 is 0 Å². The molecule has 1 fully saturated rings. The molecular formula is C16H28N4. The summed E-state index contributed by atoms with van der Waals surface area (Å²) in [5.41, 5.74) is 1.23. The highest BCUT2D eigenvalue weighted by atomic mass is 15.2. The van der Waals surface area contributed by atoms with Crippen LogP contribution in [0.2, 0.25) is 0 Å². The lowest BCUT2D eigenvalue weighted by Gasteiger charge is -2.46. The molecule has 2 rings (SSSR count). The van der Waals surface area contributed by atoms with E-state index in [4.69, 9.17) is 0 Å². The molecule has 0 aromatic carbocycles. The first kappa shape index (κ1) is 15.4.